The first-order valence-electron chi connectivity index (χ1n) is 8.00. The zero-order valence-corrected chi connectivity index (χ0v) is 15.7. The second-order valence-corrected chi connectivity index (χ2v) is 6.60. The van der Waals surface area contributed by atoms with Crippen LogP contribution in [-0.4, -0.2) is 35.1 Å². The molecule has 0 bridgehead atoms. The number of carbonyl (C=O) groups excluding carboxylic acids is 3. The van der Waals surface area contributed by atoms with Crippen molar-refractivity contribution in [2.24, 2.45) is 5.73 Å². The van der Waals surface area contributed by atoms with Crippen LogP contribution in [0.3, 0.4) is 0 Å². The molecule has 0 heterocycles. The average Bonchev–Trinajstić information content (AvgIpc) is 2.65. The monoisotopic (exact) mass is 403 g/mol. The molecule has 2 rings (SSSR count). The van der Waals surface area contributed by atoms with E-state index in [4.69, 9.17) is 10.5 Å². The number of para-hydroxylation sites is 1. The Bertz CT molecular complexity index is 931. The lowest BCUT2D eigenvalue weighted by Crippen LogP contribution is -2.21. The van der Waals surface area contributed by atoms with Gasteiger partial charge in [-0.05, 0) is 25.1 Å². The fourth-order valence-corrected chi connectivity index (χ4v) is 3.03. The topological polar surface area (TPSA) is 142 Å². The minimum Gasteiger partial charge on any atom is -0.452 e. The van der Waals surface area contributed by atoms with Gasteiger partial charge >= 0.3 is 5.97 Å². The number of ether oxygens (including phenoxy) is 1. The average molecular weight is 403 g/mol. The molecule has 3 N–H and O–H groups in total. The first kappa shape index (κ1) is 20.9. The third kappa shape index (κ3) is 5.55. The number of nitrogens with one attached hydrogen (secondary N) is 1. The number of nitro groups is 1. The molecule has 0 saturated heterocycles. The first-order chi connectivity index (χ1) is 13.3. The van der Waals surface area contributed by atoms with Crippen molar-refractivity contribution in [3.63, 3.8) is 0 Å². The maximum absolute atomic E-state index is 12.2. The van der Waals surface area contributed by atoms with Crippen molar-refractivity contribution >= 4 is 40.9 Å². The van der Waals surface area contributed by atoms with E-state index in [1.807, 2.05) is 0 Å². The summed E-state index contributed by atoms with van der Waals surface area (Å²) < 4.78 is 4.96. The Balaban J connectivity index is 2.00. The van der Waals surface area contributed by atoms with Crippen LogP contribution < -0.4 is 11.1 Å². The molecule has 2 aromatic carbocycles. The summed E-state index contributed by atoms with van der Waals surface area (Å²) in [6.45, 7) is 0.858. The normalized spacial score (nSPS) is 10.2. The molecule has 0 unspecified atom stereocenters. The van der Waals surface area contributed by atoms with Crippen LogP contribution in [0.4, 0.5) is 11.4 Å². The van der Waals surface area contributed by atoms with E-state index in [9.17, 15) is 24.5 Å². The Hall–Kier alpha value is -3.40. The summed E-state index contributed by atoms with van der Waals surface area (Å²) >= 11 is 1.16. The number of benzene rings is 2. The number of primary amides is 1. The number of rotatable bonds is 8. The van der Waals surface area contributed by atoms with Crippen molar-refractivity contribution < 1.29 is 24.0 Å². The van der Waals surface area contributed by atoms with Gasteiger partial charge in [0.25, 0.3) is 11.6 Å². The number of nitrogens with zero attached hydrogens (tertiary/aromatic N) is 1. The van der Waals surface area contributed by atoms with Crippen molar-refractivity contribution in [1.29, 1.82) is 0 Å². The highest BCUT2D eigenvalue weighted by Crippen LogP contribution is 2.26. The van der Waals surface area contributed by atoms with E-state index in [0.717, 1.165) is 11.8 Å². The van der Waals surface area contributed by atoms with Gasteiger partial charge in [-0.3, -0.25) is 19.7 Å². The van der Waals surface area contributed by atoms with Gasteiger partial charge in [-0.1, -0.05) is 18.2 Å². The highest BCUT2D eigenvalue weighted by Gasteiger charge is 2.20. The molecular formula is C18H17N3O6S. The molecule has 28 heavy (non-hydrogen) atoms. The SMILES string of the molecule is Cc1c(C(=O)OCC(=O)Nc2ccccc2SCC(N)=O)cccc1[N+](=O)[O-]. The molecule has 0 fully saturated rings. The summed E-state index contributed by atoms with van der Waals surface area (Å²) in [6.07, 6.45) is 0. The highest BCUT2D eigenvalue weighted by molar-refractivity contribution is 8.00. The minimum absolute atomic E-state index is 0.0133. The van der Waals surface area contributed by atoms with Gasteiger partial charge in [-0.25, -0.2) is 4.79 Å². The van der Waals surface area contributed by atoms with Gasteiger partial charge in [0.05, 0.1) is 21.9 Å². The van der Waals surface area contributed by atoms with Crippen LogP contribution >= 0.6 is 11.8 Å². The van der Waals surface area contributed by atoms with E-state index in [0.29, 0.717) is 10.6 Å². The molecule has 0 aliphatic heterocycles. The largest absolute Gasteiger partial charge is 0.452 e. The highest BCUT2D eigenvalue weighted by atomic mass is 32.2. The van der Waals surface area contributed by atoms with Crippen LogP contribution in [0, 0.1) is 17.0 Å². The molecule has 0 spiro atoms. The van der Waals surface area contributed by atoms with Gasteiger partial charge in [0.2, 0.25) is 5.91 Å². The van der Waals surface area contributed by atoms with Crippen LogP contribution in [-0.2, 0) is 14.3 Å². The predicted octanol–water partition coefficient (Wildman–Crippen LogP) is 2.28. The number of nitro benzene ring substituents is 1. The van der Waals surface area contributed by atoms with Gasteiger partial charge in [0.1, 0.15) is 0 Å². The number of carbonyl (C=O) groups is 3. The number of hydrogen-bond acceptors (Lipinski definition) is 7. The summed E-state index contributed by atoms with van der Waals surface area (Å²) in [6, 6.07) is 10.8. The van der Waals surface area contributed by atoms with E-state index in [2.05, 4.69) is 5.32 Å². The van der Waals surface area contributed by atoms with Crippen LogP contribution in [0.25, 0.3) is 0 Å². The molecule has 0 aliphatic rings. The van der Waals surface area contributed by atoms with Crippen molar-refractivity contribution in [2.75, 3.05) is 17.7 Å². The smallest absolute Gasteiger partial charge is 0.339 e. The molecule has 0 aliphatic carbocycles. The minimum atomic E-state index is -0.840. The number of hydrogen-bond donors (Lipinski definition) is 2. The Morgan fingerprint density at radius 1 is 1.18 bits per heavy atom. The second kappa shape index (κ2) is 9.51. The summed E-state index contributed by atoms with van der Waals surface area (Å²) in [4.78, 5) is 46.2. The zero-order valence-electron chi connectivity index (χ0n) is 14.8. The Kier molecular flexibility index (Phi) is 7.10. The number of anilines is 1. The third-order valence-corrected chi connectivity index (χ3v) is 4.68. The van der Waals surface area contributed by atoms with Crippen LogP contribution in [0.1, 0.15) is 15.9 Å². The molecule has 0 saturated carbocycles. The molecule has 2 aromatic rings. The van der Waals surface area contributed by atoms with E-state index >= 15 is 0 Å². The third-order valence-electron chi connectivity index (χ3n) is 3.59. The summed E-state index contributed by atoms with van der Waals surface area (Å²) in [7, 11) is 0. The Morgan fingerprint density at radius 3 is 2.57 bits per heavy atom. The predicted molar refractivity (Wildman–Crippen MR) is 103 cm³/mol. The van der Waals surface area contributed by atoms with Crippen LogP contribution in [0.15, 0.2) is 47.4 Å². The maximum atomic E-state index is 12.2. The molecule has 0 radical (unpaired) electrons. The first-order valence-corrected chi connectivity index (χ1v) is 8.99. The molecule has 146 valence electrons. The number of thioether (sulfide) groups is 1. The molecule has 9 nitrogen and oxygen atoms in total. The van der Waals surface area contributed by atoms with Crippen molar-refractivity contribution in [3.8, 4) is 0 Å². The zero-order chi connectivity index (χ0) is 20.7. The van der Waals surface area contributed by atoms with Crippen molar-refractivity contribution in [1.82, 2.24) is 0 Å². The molecule has 10 heteroatoms. The quantitative estimate of drug-likeness (QED) is 0.298. The molecule has 2 amide bonds. The van der Waals surface area contributed by atoms with Crippen LogP contribution in [0.5, 0.6) is 0 Å². The van der Waals surface area contributed by atoms with Gasteiger partial charge < -0.3 is 15.8 Å². The molecule has 0 aromatic heterocycles. The van der Waals surface area contributed by atoms with Crippen molar-refractivity contribution in [3.05, 3.63) is 63.7 Å². The lowest BCUT2D eigenvalue weighted by molar-refractivity contribution is -0.385. The maximum Gasteiger partial charge on any atom is 0.339 e. The molecular weight excluding hydrogens is 386 g/mol. The number of nitrogens with two attached hydrogens (primary N) is 1. The summed E-state index contributed by atoms with van der Waals surface area (Å²) in [5.74, 6) is -1.88. The fraction of sp³-hybridized carbons (Fsp3) is 0.167. The lowest BCUT2D eigenvalue weighted by atomic mass is 10.1. The van der Waals surface area contributed by atoms with Gasteiger partial charge in [-0.15, -0.1) is 11.8 Å². The number of esters is 1. The standard InChI is InChI=1S/C18H17N3O6S/c1-11-12(5-4-7-14(11)21(25)26)18(24)27-9-17(23)20-13-6-2-3-8-15(13)28-10-16(19)22/h2-8H,9-10H2,1H3,(H2,19,22)(H,20,23). The van der Waals surface area contributed by atoms with Gasteiger partial charge in [0.15, 0.2) is 6.61 Å². The van der Waals surface area contributed by atoms with E-state index in [1.54, 1.807) is 24.3 Å². The Morgan fingerprint density at radius 2 is 1.89 bits per heavy atom. The van der Waals surface area contributed by atoms with E-state index < -0.39 is 29.3 Å². The van der Waals surface area contributed by atoms with E-state index in [-0.39, 0.29) is 22.6 Å². The van der Waals surface area contributed by atoms with Gasteiger partial charge in [-0.2, -0.15) is 0 Å². The second-order valence-electron chi connectivity index (χ2n) is 5.58. The lowest BCUT2D eigenvalue weighted by Gasteiger charge is -2.11. The Labute approximate surface area is 164 Å². The van der Waals surface area contributed by atoms with Gasteiger partial charge in [0, 0.05) is 16.5 Å². The summed E-state index contributed by atoms with van der Waals surface area (Å²) in [5, 5.41) is 13.5. The van der Waals surface area contributed by atoms with Crippen LogP contribution in [0.2, 0.25) is 0 Å². The summed E-state index contributed by atoms with van der Waals surface area (Å²) in [5.41, 5.74) is 5.53. The van der Waals surface area contributed by atoms with E-state index in [1.165, 1.54) is 25.1 Å². The molecule has 0 atom stereocenters. The fourth-order valence-electron chi connectivity index (χ4n) is 2.28. The number of amides is 2. The van der Waals surface area contributed by atoms with Crippen molar-refractivity contribution in [2.45, 2.75) is 11.8 Å².